The molecule has 0 atom stereocenters. The predicted molar refractivity (Wildman–Crippen MR) is 57.5 cm³/mol. The first-order chi connectivity index (χ1) is 6.52. The number of hydrogen-bond donors (Lipinski definition) is 1. The lowest BCUT2D eigenvalue weighted by atomic mass is 9.97. The van der Waals surface area contributed by atoms with Crippen LogP contribution in [0.25, 0.3) is 0 Å². The summed E-state index contributed by atoms with van der Waals surface area (Å²) in [5.74, 6) is 0.767. The fourth-order valence-corrected chi connectivity index (χ4v) is 1.59. The van der Waals surface area contributed by atoms with Crippen LogP contribution in [-0.2, 0) is 6.42 Å². The quantitative estimate of drug-likeness (QED) is 0.800. The first-order valence-electron chi connectivity index (χ1n) is 5.08. The molecule has 1 aromatic rings. The van der Waals surface area contributed by atoms with Crippen LogP contribution in [0.15, 0.2) is 11.1 Å². The van der Waals surface area contributed by atoms with Crippen LogP contribution in [0.5, 0.6) is 0 Å². The molecule has 1 rings (SSSR count). The van der Waals surface area contributed by atoms with Crippen molar-refractivity contribution in [1.29, 1.82) is 0 Å². The molecule has 14 heavy (non-hydrogen) atoms. The van der Waals surface area contributed by atoms with Crippen molar-refractivity contribution in [3.8, 4) is 0 Å². The van der Waals surface area contributed by atoms with Gasteiger partial charge in [0.2, 0.25) is 0 Å². The Hall–Kier alpha value is -1.12. The summed E-state index contributed by atoms with van der Waals surface area (Å²) in [6.07, 6.45) is 2.36. The van der Waals surface area contributed by atoms with Crippen LogP contribution >= 0.6 is 0 Å². The average molecular weight is 194 g/mol. The minimum absolute atomic E-state index is 0.00523. The summed E-state index contributed by atoms with van der Waals surface area (Å²) in [6.45, 7) is 8.31. The Morgan fingerprint density at radius 1 is 1.36 bits per heavy atom. The molecule has 0 aliphatic rings. The monoisotopic (exact) mass is 194 g/mol. The molecular weight excluding hydrogens is 176 g/mol. The summed E-state index contributed by atoms with van der Waals surface area (Å²) in [6, 6.07) is 0. The summed E-state index contributed by atoms with van der Waals surface area (Å²) in [4.78, 5) is 18.4. The van der Waals surface area contributed by atoms with Crippen molar-refractivity contribution >= 4 is 0 Å². The molecule has 1 aromatic heterocycles. The normalized spacial score (nSPS) is 11.3. The third-order valence-corrected chi connectivity index (χ3v) is 2.15. The first-order valence-corrected chi connectivity index (χ1v) is 5.08. The first kappa shape index (κ1) is 11.0. The van der Waals surface area contributed by atoms with Gasteiger partial charge in [-0.3, -0.25) is 4.79 Å². The van der Waals surface area contributed by atoms with Gasteiger partial charge in [0.15, 0.2) is 0 Å². The molecule has 0 aliphatic heterocycles. The fraction of sp³-hybridized carbons (Fsp3) is 0.636. The molecule has 0 amide bonds. The molecule has 0 bridgehead atoms. The van der Waals surface area contributed by atoms with Crippen LogP contribution in [0.4, 0.5) is 0 Å². The molecule has 0 saturated heterocycles. The number of nitrogens with one attached hydrogen (secondary N) is 1. The fourth-order valence-electron chi connectivity index (χ4n) is 1.59. The van der Waals surface area contributed by atoms with Crippen LogP contribution in [0.2, 0.25) is 0 Å². The van der Waals surface area contributed by atoms with Crippen molar-refractivity contribution in [3.05, 3.63) is 27.9 Å². The van der Waals surface area contributed by atoms with E-state index in [9.17, 15) is 4.79 Å². The van der Waals surface area contributed by atoms with Crippen molar-refractivity contribution in [2.45, 2.75) is 40.0 Å². The topological polar surface area (TPSA) is 45.8 Å². The van der Waals surface area contributed by atoms with Crippen molar-refractivity contribution < 1.29 is 0 Å². The maximum absolute atomic E-state index is 11.6. The number of rotatable bonds is 3. The molecule has 0 saturated carbocycles. The van der Waals surface area contributed by atoms with Gasteiger partial charge in [-0.25, -0.2) is 4.98 Å². The summed E-state index contributed by atoms with van der Waals surface area (Å²) in [5, 5.41) is 0. The Bertz CT molecular complexity index is 353. The zero-order valence-electron chi connectivity index (χ0n) is 9.29. The second-order valence-electron chi connectivity index (χ2n) is 4.34. The van der Waals surface area contributed by atoms with Crippen LogP contribution < -0.4 is 5.56 Å². The minimum Gasteiger partial charge on any atom is -0.313 e. The molecule has 0 unspecified atom stereocenters. The van der Waals surface area contributed by atoms with E-state index in [2.05, 4.69) is 23.8 Å². The lowest BCUT2D eigenvalue weighted by Gasteiger charge is -2.11. The van der Waals surface area contributed by atoms with Gasteiger partial charge >= 0.3 is 0 Å². The Labute approximate surface area is 84.6 Å². The molecule has 78 valence electrons. The maximum atomic E-state index is 11.6. The van der Waals surface area contributed by atoms with E-state index in [0.29, 0.717) is 5.92 Å². The largest absolute Gasteiger partial charge is 0.313 e. The van der Waals surface area contributed by atoms with Crippen LogP contribution in [0.1, 0.15) is 44.9 Å². The van der Waals surface area contributed by atoms with E-state index < -0.39 is 0 Å². The van der Waals surface area contributed by atoms with Gasteiger partial charge in [-0.15, -0.1) is 0 Å². The lowest BCUT2D eigenvalue weighted by molar-refractivity contribution is 0.620. The molecule has 1 heterocycles. The zero-order valence-corrected chi connectivity index (χ0v) is 9.29. The number of aromatic amines is 1. The van der Waals surface area contributed by atoms with E-state index in [1.54, 1.807) is 0 Å². The summed E-state index contributed by atoms with van der Waals surface area (Å²) >= 11 is 0. The highest BCUT2D eigenvalue weighted by molar-refractivity contribution is 5.20. The van der Waals surface area contributed by atoms with E-state index in [1.807, 2.05) is 13.8 Å². The Morgan fingerprint density at radius 3 is 2.50 bits per heavy atom. The summed E-state index contributed by atoms with van der Waals surface area (Å²) in [7, 11) is 0. The average Bonchev–Trinajstić information content (AvgIpc) is 2.01. The van der Waals surface area contributed by atoms with Gasteiger partial charge < -0.3 is 4.98 Å². The van der Waals surface area contributed by atoms with Crippen LogP contribution in [0, 0.1) is 5.92 Å². The van der Waals surface area contributed by atoms with Crippen molar-refractivity contribution in [1.82, 2.24) is 9.97 Å². The molecule has 3 nitrogen and oxygen atoms in total. The van der Waals surface area contributed by atoms with Crippen LogP contribution in [0.3, 0.4) is 0 Å². The zero-order chi connectivity index (χ0) is 10.7. The number of H-pyrrole nitrogens is 1. The van der Waals surface area contributed by atoms with Gasteiger partial charge in [-0.2, -0.15) is 0 Å². The molecule has 0 radical (unpaired) electrons. The third kappa shape index (κ3) is 2.44. The molecule has 0 fully saturated rings. The molecule has 0 aliphatic carbocycles. The molecule has 0 spiro atoms. The molecule has 1 N–H and O–H groups in total. The maximum Gasteiger partial charge on any atom is 0.254 e. The summed E-state index contributed by atoms with van der Waals surface area (Å²) < 4.78 is 0. The van der Waals surface area contributed by atoms with E-state index in [-0.39, 0.29) is 11.5 Å². The lowest BCUT2D eigenvalue weighted by Crippen LogP contribution is -2.19. The Balaban J connectivity index is 3.15. The highest BCUT2D eigenvalue weighted by atomic mass is 16.1. The SMILES string of the molecule is CC(C)Cc1nc[nH]c(=O)c1C(C)C. The summed E-state index contributed by atoms with van der Waals surface area (Å²) in [5.41, 5.74) is 1.78. The van der Waals surface area contributed by atoms with Gasteiger partial charge in [0.05, 0.1) is 12.0 Å². The van der Waals surface area contributed by atoms with Gasteiger partial charge in [-0.1, -0.05) is 27.7 Å². The van der Waals surface area contributed by atoms with E-state index in [1.165, 1.54) is 6.33 Å². The Kier molecular flexibility index (Phi) is 3.44. The van der Waals surface area contributed by atoms with Gasteiger partial charge in [0.25, 0.3) is 5.56 Å². The number of hydrogen-bond acceptors (Lipinski definition) is 2. The highest BCUT2D eigenvalue weighted by Crippen LogP contribution is 2.15. The second kappa shape index (κ2) is 4.40. The second-order valence-corrected chi connectivity index (χ2v) is 4.34. The Morgan fingerprint density at radius 2 is 2.00 bits per heavy atom. The van der Waals surface area contributed by atoms with Crippen LogP contribution in [-0.4, -0.2) is 9.97 Å². The third-order valence-electron chi connectivity index (χ3n) is 2.15. The van der Waals surface area contributed by atoms with Gasteiger partial charge in [-0.05, 0) is 18.3 Å². The van der Waals surface area contributed by atoms with Gasteiger partial charge in [0, 0.05) is 5.56 Å². The van der Waals surface area contributed by atoms with Crippen molar-refractivity contribution in [2.24, 2.45) is 5.92 Å². The number of nitrogens with zero attached hydrogens (tertiary/aromatic N) is 1. The van der Waals surface area contributed by atoms with Crippen molar-refractivity contribution in [2.75, 3.05) is 0 Å². The van der Waals surface area contributed by atoms with E-state index >= 15 is 0 Å². The van der Waals surface area contributed by atoms with E-state index in [4.69, 9.17) is 0 Å². The standard InChI is InChI=1S/C11H18N2O/c1-7(2)5-9-10(8(3)4)11(14)13-6-12-9/h6-8H,5H2,1-4H3,(H,12,13,14). The van der Waals surface area contributed by atoms with Gasteiger partial charge in [0.1, 0.15) is 0 Å². The molecular formula is C11H18N2O. The van der Waals surface area contributed by atoms with Crippen molar-refractivity contribution in [3.63, 3.8) is 0 Å². The predicted octanol–water partition coefficient (Wildman–Crippen LogP) is 2.09. The highest BCUT2D eigenvalue weighted by Gasteiger charge is 2.12. The molecule has 0 aromatic carbocycles. The van der Waals surface area contributed by atoms with E-state index in [0.717, 1.165) is 17.7 Å². The molecule has 3 heteroatoms. The number of aromatic nitrogens is 2. The smallest absolute Gasteiger partial charge is 0.254 e. The minimum atomic E-state index is 0.00523.